The highest BCUT2D eigenvalue weighted by atomic mass is 32.2. The summed E-state index contributed by atoms with van der Waals surface area (Å²) in [5.41, 5.74) is 0. The minimum Gasteiger partial charge on any atom is -0.504 e. The molecule has 3 nitrogen and oxygen atoms in total. The Labute approximate surface area is 85.4 Å². The van der Waals surface area contributed by atoms with Crippen LogP contribution in [-0.2, 0) is 0 Å². The number of rotatable bonds is 1. The van der Waals surface area contributed by atoms with Crippen LogP contribution in [0.1, 0.15) is 0 Å². The van der Waals surface area contributed by atoms with Gasteiger partial charge in [-0.1, -0.05) is 0 Å². The zero-order valence-electron chi connectivity index (χ0n) is 7.56. The molecule has 0 saturated carbocycles. The predicted octanol–water partition coefficient (Wildman–Crippen LogP) is 2.37. The minimum atomic E-state index is -0.0898. The summed E-state index contributed by atoms with van der Waals surface area (Å²) >= 11 is 1.51. The standard InChI is InChI=1S/C10H9NO2S/c1-14-9-4-8(12)10(13)6-2-3-11-5-7(6)9/h2-5,12-13H,1H3. The van der Waals surface area contributed by atoms with E-state index in [0.29, 0.717) is 5.39 Å². The zero-order valence-corrected chi connectivity index (χ0v) is 8.38. The van der Waals surface area contributed by atoms with Crippen molar-refractivity contribution in [3.8, 4) is 11.5 Å². The zero-order chi connectivity index (χ0) is 10.1. The van der Waals surface area contributed by atoms with E-state index in [4.69, 9.17) is 0 Å². The van der Waals surface area contributed by atoms with Gasteiger partial charge in [0, 0.05) is 28.1 Å². The van der Waals surface area contributed by atoms with Crippen LogP contribution >= 0.6 is 11.8 Å². The first-order valence-corrected chi connectivity index (χ1v) is 5.29. The number of thioether (sulfide) groups is 1. The molecule has 2 rings (SSSR count). The Morgan fingerprint density at radius 1 is 1.29 bits per heavy atom. The molecule has 1 aromatic carbocycles. The average molecular weight is 207 g/mol. The van der Waals surface area contributed by atoms with Crippen LogP contribution in [0.15, 0.2) is 29.4 Å². The number of fused-ring (bicyclic) bond motifs is 1. The first kappa shape index (κ1) is 9.15. The van der Waals surface area contributed by atoms with Crippen molar-refractivity contribution in [2.45, 2.75) is 4.90 Å². The molecule has 1 heterocycles. The van der Waals surface area contributed by atoms with Gasteiger partial charge < -0.3 is 10.2 Å². The molecular weight excluding hydrogens is 198 g/mol. The molecule has 0 fully saturated rings. The summed E-state index contributed by atoms with van der Waals surface area (Å²) in [4.78, 5) is 4.89. The van der Waals surface area contributed by atoms with Gasteiger partial charge in [-0.15, -0.1) is 11.8 Å². The topological polar surface area (TPSA) is 53.4 Å². The van der Waals surface area contributed by atoms with Crippen LogP contribution < -0.4 is 0 Å². The molecule has 1 aromatic heterocycles. The maximum Gasteiger partial charge on any atom is 0.165 e. The largest absolute Gasteiger partial charge is 0.504 e. The van der Waals surface area contributed by atoms with Crippen molar-refractivity contribution in [3.05, 3.63) is 24.5 Å². The highest BCUT2D eigenvalue weighted by molar-refractivity contribution is 7.98. The third-order valence-corrected chi connectivity index (χ3v) is 2.85. The van der Waals surface area contributed by atoms with Gasteiger partial charge in [-0.2, -0.15) is 0 Å². The lowest BCUT2D eigenvalue weighted by molar-refractivity contribution is 0.407. The number of benzene rings is 1. The summed E-state index contributed by atoms with van der Waals surface area (Å²) in [7, 11) is 0. The van der Waals surface area contributed by atoms with Gasteiger partial charge >= 0.3 is 0 Å². The van der Waals surface area contributed by atoms with Gasteiger partial charge in [0.25, 0.3) is 0 Å². The molecular formula is C10H9NO2S. The van der Waals surface area contributed by atoms with Gasteiger partial charge in [0.15, 0.2) is 11.5 Å². The number of hydrogen-bond donors (Lipinski definition) is 2. The quantitative estimate of drug-likeness (QED) is 0.556. The summed E-state index contributed by atoms with van der Waals surface area (Å²) in [5, 5.41) is 20.5. The first-order valence-electron chi connectivity index (χ1n) is 4.06. The lowest BCUT2D eigenvalue weighted by Gasteiger charge is -2.06. The number of hydrogen-bond acceptors (Lipinski definition) is 4. The van der Waals surface area contributed by atoms with Crippen LogP contribution in [0.25, 0.3) is 10.8 Å². The minimum absolute atomic E-state index is 0.0831. The average Bonchev–Trinajstić information content (AvgIpc) is 2.23. The van der Waals surface area contributed by atoms with Gasteiger partial charge in [0.1, 0.15) is 0 Å². The summed E-state index contributed by atoms with van der Waals surface area (Å²) in [6.45, 7) is 0. The fourth-order valence-corrected chi connectivity index (χ4v) is 1.99. The molecule has 0 aliphatic rings. The van der Waals surface area contributed by atoms with Crippen molar-refractivity contribution in [2.75, 3.05) is 6.26 Å². The molecule has 0 radical (unpaired) electrons. The van der Waals surface area contributed by atoms with Crippen molar-refractivity contribution in [1.82, 2.24) is 4.98 Å². The van der Waals surface area contributed by atoms with Gasteiger partial charge in [0.05, 0.1) is 0 Å². The van der Waals surface area contributed by atoms with E-state index in [-0.39, 0.29) is 11.5 Å². The molecule has 0 aliphatic heterocycles. The molecule has 0 spiro atoms. The van der Waals surface area contributed by atoms with Crippen LogP contribution in [0.4, 0.5) is 0 Å². The van der Waals surface area contributed by atoms with E-state index in [0.717, 1.165) is 10.3 Å². The summed E-state index contributed by atoms with van der Waals surface area (Å²) < 4.78 is 0. The monoisotopic (exact) mass is 207 g/mol. The van der Waals surface area contributed by atoms with Gasteiger partial charge in [-0.25, -0.2) is 0 Å². The van der Waals surface area contributed by atoms with Gasteiger partial charge in [-0.3, -0.25) is 4.98 Å². The Hall–Kier alpha value is -1.42. The van der Waals surface area contributed by atoms with Gasteiger partial charge in [0.2, 0.25) is 0 Å². The predicted molar refractivity (Wildman–Crippen MR) is 56.9 cm³/mol. The van der Waals surface area contributed by atoms with E-state index in [9.17, 15) is 10.2 Å². The molecule has 2 N–H and O–H groups in total. The lowest BCUT2D eigenvalue weighted by atomic mass is 10.1. The lowest BCUT2D eigenvalue weighted by Crippen LogP contribution is -1.81. The van der Waals surface area contributed by atoms with E-state index >= 15 is 0 Å². The molecule has 14 heavy (non-hydrogen) atoms. The van der Waals surface area contributed by atoms with E-state index in [1.807, 2.05) is 6.26 Å². The van der Waals surface area contributed by atoms with Gasteiger partial charge in [-0.05, 0) is 18.4 Å². The Kier molecular flexibility index (Phi) is 2.21. The van der Waals surface area contributed by atoms with Crippen molar-refractivity contribution < 1.29 is 10.2 Å². The number of pyridine rings is 1. The molecule has 2 aromatic rings. The molecule has 0 aliphatic carbocycles. The first-order chi connectivity index (χ1) is 6.74. The number of nitrogens with zero attached hydrogens (tertiary/aromatic N) is 1. The third-order valence-electron chi connectivity index (χ3n) is 2.07. The van der Waals surface area contributed by atoms with Crippen LogP contribution in [0.3, 0.4) is 0 Å². The molecule has 0 unspecified atom stereocenters. The van der Waals surface area contributed by atoms with Crippen molar-refractivity contribution in [2.24, 2.45) is 0 Å². The van der Waals surface area contributed by atoms with Crippen LogP contribution in [0.2, 0.25) is 0 Å². The van der Waals surface area contributed by atoms with Crippen LogP contribution in [0, 0.1) is 0 Å². The summed E-state index contributed by atoms with van der Waals surface area (Å²) in [6.07, 6.45) is 5.18. The third kappa shape index (κ3) is 1.28. The van der Waals surface area contributed by atoms with E-state index < -0.39 is 0 Å². The summed E-state index contributed by atoms with van der Waals surface area (Å²) in [5.74, 6) is -0.173. The Morgan fingerprint density at radius 2 is 2.07 bits per heavy atom. The second-order valence-corrected chi connectivity index (χ2v) is 3.72. The fraction of sp³-hybridized carbons (Fsp3) is 0.100. The van der Waals surface area contributed by atoms with Crippen molar-refractivity contribution in [1.29, 1.82) is 0 Å². The Morgan fingerprint density at radius 3 is 2.79 bits per heavy atom. The van der Waals surface area contributed by atoms with E-state index in [1.165, 1.54) is 11.8 Å². The van der Waals surface area contributed by atoms with Crippen LogP contribution in [0.5, 0.6) is 11.5 Å². The maximum atomic E-state index is 9.59. The highest BCUT2D eigenvalue weighted by Crippen LogP contribution is 2.38. The number of phenolic OH excluding ortho intramolecular Hbond substituents is 2. The summed E-state index contributed by atoms with van der Waals surface area (Å²) in [6, 6.07) is 3.23. The molecule has 72 valence electrons. The highest BCUT2D eigenvalue weighted by Gasteiger charge is 2.09. The fourth-order valence-electron chi connectivity index (χ4n) is 1.37. The van der Waals surface area contributed by atoms with Crippen LogP contribution in [-0.4, -0.2) is 21.5 Å². The van der Waals surface area contributed by atoms with E-state index in [1.54, 1.807) is 24.5 Å². The smallest absolute Gasteiger partial charge is 0.165 e. The molecule has 0 bridgehead atoms. The Bertz CT molecular complexity index is 485. The van der Waals surface area contributed by atoms with E-state index in [2.05, 4.69) is 4.98 Å². The number of aromatic nitrogens is 1. The second kappa shape index (κ2) is 3.38. The van der Waals surface area contributed by atoms with Crippen molar-refractivity contribution in [3.63, 3.8) is 0 Å². The SMILES string of the molecule is CSc1cc(O)c(O)c2ccncc12. The molecule has 4 heteroatoms. The second-order valence-electron chi connectivity index (χ2n) is 2.87. The normalized spacial score (nSPS) is 10.6. The molecule has 0 atom stereocenters. The van der Waals surface area contributed by atoms with Crippen molar-refractivity contribution >= 4 is 22.5 Å². The molecule has 0 amide bonds. The number of aromatic hydroxyl groups is 2. The molecule has 0 saturated heterocycles. The number of phenols is 2. The Balaban J connectivity index is 2.89. The maximum absolute atomic E-state index is 9.59.